The molecule has 0 aliphatic heterocycles. The third-order valence-electron chi connectivity index (χ3n) is 3.72. The summed E-state index contributed by atoms with van der Waals surface area (Å²) in [7, 11) is 0. The van der Waals surface area contributed by atoms with Crippen molar-refractivity contribution in [1.82, 2.24) is 5.32 Å². The fraction of sp³-hybridized carbons (Fsp3) is 0.412. The summed E-state index contributed by atoms with van der Waals surface area (Å²) in [5, 5.41) is 13.0. The van der Waals surface area contributed by atoms with Crippen LogP contribution in [-0.2, 0) is 0 Å². The molecule has 0 heterocycles. The van der Waals surface area contributed by atoms with E-state index in [2.05, 4.69) is 0 Å². The van der Waals surface area contributed by atoms with Gasteiger partial charge >= 0.3 is 18.0 Å². The number of fused-ring (bicyclic) bond motifs is 1. The number of aliphatic hydroxyl groups excluding tert-OH is 1. The summed E-state index contributed by atoms with van der Waals surface area (Å²) in [5.74, 6) is -11.1. The smallest absolute Gasteiger partial charge is 0.459 e. The molecule has 0 spiro atoms. The van der Waals surface area contributed by atoms with Crippen molar-refractivity contribution in [3.05, 3.63) is 42.5 Å². The normalized spacial score (nSPS) is 14.4. The number of alkyl halides is 7. The van der Waals surface area contributed by atoms with Crippen molar-refractivity contribution in [3.8, 4) is 5.75 Å². The second-order valence-corrected chi connectivity index (χ2v) is 5.85. The SMILES string of the molecule is OC(CNCC(F)(F)C(F)(F)C(F)(F)F)COc1cccc2ccccc12. The third kappa shape index (κ3) is 4.81. The molecule has 0 radical (unpaired) electrons. The zero-order valence-corrected chi connectivity index (χ0v) is 13.7. The molecule has 0 aromatic heterocycles. The Morgan fingerprint density at radius 1 is 0.926 bits per heavy atom. The molecule has 1 unspecified atom stereocenters. The van der Waals surface area contributed by atoms with E-state index in [1.807, 2.05) is 18.2 Å². The van der Waals surface area contributed by atoms with E-state index in [1.165, 1.54) is 0 Å². The molecule has 27 heavy (non-hydrogen) atoms. The quantitative estimate of drug-likeness (QED) is 0.660. The lowest BCUT2D eigenvalue weighted by Gasteiger charge is -2.28. The predicted octanol–water partition coefficient (Wildman–Crippen LogP) is 4.00. The van der Waals surface area contributed by atoms with Crippen LogP contribution < -0.4 is 10.1 Å². The zero-order valence-electron chi connectivity index (χ0n) is 13.7. The van der Waals surface area contributed by atoms with Gasteiger partial charge in [-0.05, 0) is 11.5 Å². The first-order chi connectivity index (χ1) is 12.5. The molecule has 1 atom stereocenters. The standard InChI is InChI=1S/C17H16F7NO2/c18-15(19,16(20,21)17(22,23)24)10-25-8-12(26)9-27-14-7-3-5-11-4-1-2-6-13(11)14/h1-7,12,25-26H,8-10H2. The highest BCUT2D eigenvalue weighted by molar-refractivity contribution is 5.88. The van der Waals surface area contributed by atoms with Crippen molar-refractivity contribution < 1.29 is 40.6 Å². The van der Waals surface area contributed by atoms with Crippen LogP contribution in [0.4, 0.5) is 30.7 Å². The third-order valence-corrected chi connectivity index (χ3v) is 3.72. The molecule has 10 heteroatoms. The van der Waals surface area contributed by atoms with Gasteiger partial charge in [0, 0.05) is 11.9 Å². The van der Waals surface area contributed by atoms with Gasteiger partial charge in [-0.3, -0.25) is 0 Å². The summed E-state index contributed by atoms with van der Waals surface area (Å²) >= 11 is 0. The van der Waals surface area contributed by atoms with E-state index in [0.717, 1.165) is 10.8 Å². The van der Waals surface area contributed by atoms with Crippen molar-refractivity contribution in [2.45, 2.75) is 24.1 Å². The first kappa shape index (κ1) is 21.2. The number of hydrogen-bond donors (Lipinski definition) is 2. The number of rotatable bonds is 8. The van der Waals surface area contributed by atoms with Crippen LogP contribution in [0.25, 0.3) is 10.8 Å². The highest BCUT2D eigenvalue weighted by Gasteiger charge is 2.72. The van der Waals surface area contributed by atoms with Gasteiger partial charge in [0.25, 0.3) is 0 Å². The van der Waals surface area contributed by atoms with Crippen molar-refractivity contribution in [1.29, 1.82) is 0 Å². The van der Waals surface area contributed by atoms with Crippen molar-refractivity contribution in [3.63, 3.8) is 0 Å². The Balaban J connectivity index is 1.87. The second kappa shape index (κ2) is 7.89. The van der Waals surface area contributed by atoms with Crippen LogP contribution in [0.1, 0.15) is 0 Å². The van der Waals surface area contributed by atoms with Gasteiger partial charge in [-0.15, -0.1) is 0 Å². The molecular formula is C17H16F7NO2. The molecule has 0 amide bonds. The summed E-state index contributed by atoms with van der Waals surface area (Å²) in [5.41, 5.74) is 0. The van der Waals surface area contributed by atoms with Gasteiger partial charge in [-0.25, -0.2) is 0 Å². The van der Waals surface area contributed by atoms with Crippen LogP contribution in [0.2, 0.25) is 0 Å². The molecule has 0 saturated carbocycles. The minimum Gasteiger partial charge on any atom is -0.490 e. The minimum absolute atomic E-state index is 0.373. The van der Waals surface area contributed by atoms with Crippen LogP contribution in [0.15, 0.2) is 42.5 Å². The lowest BCUT2D eigenvalue weighted by Crippen LogP contribution is -2.56. The molecule has 0 bridgehead atoms. The van der Waals surface area contributed by atoms with E-state index in [1.54, 1.807) is 29.6 Å². The van der Waals surface area contributed by atoms with Gasteiger partial charge in [0.1, 0.15) is 18.5 Å². The summed E-state index contributed by atoms with van der Waals surface area (Å²) in [6, 6.07) is 12.3. The van der Waals surface area contributed by atoms with Crippen LogP contribution in [0, 0.1) is 0 Å². The van der Waals surface area contributed by atoms with Gasteiger partial charge in [0.2, 0.25) is 0 Å². The average molecular weight is 399 g/mol. The van der Waals surface area contributed by atoms with Crippen molar-refractivity contribution >= 4 is 10.8 Å². The Morgan fingerprint density at radius 2 is 1.56 bits per heavy atom. The Labute approximate surface area is 149 Å². The second-order valence-electron chi connectivity index (χ2n) is 5.85. The maximum absolute atomic E-state index is 13.1. The van der Waals surface area contributed by atoms with Crippen molar-refractivity contribution in [2.75, 3.05) is 19.7 Å². The van der Waals surface area contributed by atoms with E-state index in [4.69, 9.17) is 4.74 Å². The molecule has 2 N–H and O–H groups in total. The van der Waals surface area contributed by atoms with Gasteiger partial charge in [0.05, 0.1) is 6.54 Å². The van der Waals surface area contributed by atoms with Crippen LogP contribution in [-0.4, -0.2) is 48.9 Å². The predicted molar refractivity (Wildman–Crippen MR) is 84.3 cm³/mol. The van der Waals surface area contributed by atoms with Crippen molar-refractivity contribution in [2.24, 2.45) is 0 Å². The van der Waals surface area contributed by atoms with Gasteiger partial charge in [-0.2, -0.15) is 30.7 Å². The summed E-state index contributed by atoms with van der Waals surface area (Å²) < 4.78 is 93.2. The Kier molecular flexibility index (Phi) is 6.21. The highest BCUT2D eigenvalue weighted by atomic mass is 19.4. The number of aliphatic hydroxyl groups is 1. The molecule has 0 aliphatic rings. The molecule has 150 valence electrons. The molecule has 0 fully saturated rings. The molecule has 2 rings (SSSR count). The van der Waals surface area contributed by atoms with Crippen LogP contribution in [0.3, 0.4) is 0 Å². The van der Waals surface area contributed by atoms with E-state index in [0.29, 0.717) is 5.75 Å². The lowest BCUT2D eigenvalue weighted by molar-refractivity contribution is -0.352. The minimum atomic E-state index is -6.38. The zero-order chi connectivity index (χ0) is 20.3. The average Bonchev–Trinajstić information content (AvgIpc) is 2.58. The van der Waals surface area contributed by atoms with E-state index >= 15 is 0 Å². The van der Waals surface area contributed by atoms with Gasteiger partial charge in [0.15, 0.2) is 0 Å². The largest absolute Gasteiger partial charge is 0.490 e. The number of nitrogens with one attached hydrogen (secondary N) is 1. The Bertz CT molecular complexity index is 759. The molecule has 0 saturated heterocycles. The Morgan fingerprint density at radius 3 is 2.22 bits per heavy atom. The molecule has 2 aromatic carbocycles. The molecular weight excluding hydrogens is 383 g/mol. The number of halogens is 7. The topological polar surface area (TPSA) is 41.5 Å². The van der Waals surface area contributed by atoms with Gasteiger partial charge in [-0.1, -0.05) is 36.4 Å². The van der Waals surface area contributed by atoms with Crippen LogP contribution in [0.5, 0.6) is 5.75 Å². The highest BCUT2D eigenvalue weighted by Crippen LogP contribution is 2.46. The maximum atomic E-state index is 13.1. The summed E-state index contributed by atoms with van der Waals surface area (Å²) in [6.45, 7) is -2.98. The van der Waals surface area contributed by atoms with Gasteiger partial charge < -0.3 is 15.2 Å². The van der Waals surface area contributed by atoms with E-state index in [-0.39, 0.29) is 6.61 Å². The summed E-state index contributed by atoms with van der Waals surface area (Å²) in [6.07, 6.45) is -7.78. The number of ether oxygens (including phenoxy) is 1. The lowest BCUT2D eigenvalue weighted by atomic mass is 10.1. The maximum Gasteiger partial charge on any atom is 0.459 e. The molecule has 0 aliphatic carbocycles. The summed E-state index contributed by atoms with van der Waals surface area (Å²) in [4.78, 5) is 0. The number of hydrogen-bond acceptors (Lipinski definition) is 3. The number of benzene rings is 2. The molecule has 2 aromatic rings. The fourth-order valence-corrected chi connectivity index (χ4v) is 2.28. The first-order valence-electron chi connectivity index (χ1n) is 7.77. The van der Waals surface area contributed by atoms with E-state index in [9.17, 15) is 35.8 Å². The first-order valence-corrected chi connectivity index (χ1v) is 7.77. The van der Waals surface area contributed by atoms with Crippen LogP contribution >= 0.6 is 0 Å². The Hall–Kier alpha value is -2.07. The fourth-order valence-electron chi connectivity index (χ4n) is 2.28. The van der Waals surface area contributed by atoms with E-state index < -0.39 is 37.2 Å². The monoisotopic (exact) mass is 399 g/mol. The molecule has 3 nitrogen and oxygen atoms in total.